The van der Waals surface area contributed by atoms with Crippen LogP contribution in [-0.4, -0.2) is 11.8 Å². The summed E-state index contributed by atoms with van der Waals surface area (Å²) in [7, 11) is 0. The number of carbonyl (C=O) groups is 2. The minimum atomic E-state index is -0.197. The normalized spacial score (nSPS) is 10.3. The molecule has 2 N–H and O–H groups in total. The van der Waals surface area contributed by atoms with Crippen LogP contribution in [-0.2, 0) is 17.8 Å². The molecule has 0 heterocycles. The van der Waals surface area contributed by atoms with E-state index < -0.39 is 0 Å². The van der Waals surface area contributed by atoms with Crippen molar-refractivity contribution in [2.75, 3.05) is 5.32 Å². The van der Waals surface area contributed by atoms with Crippen LogP contribution in [0.15, 0.2) is 78.9 Å². The van der Waals surface area contributed by atoms with Crippen LogP contribution in [0.4, 0.5) is 5.69 Å². The largest absolute Gasteiger partial charge is 0.348 e. The Labute approximate surface area is 163 Å². The predicted molar refractivity (Wildman–Crippen MR) is 108 cm³/mol. The lowest BCUT2D eigenvalue weighted by Crippen LogP contribution is -2.23. The first-order chi connectivity index (χ1) is 13.1. The number of amides is 2. The van der Waals surface area contributed by atoms with Crippen molar-refractivity contribution in [3.05, 3.63) is 101 Å². The van der Waals surface area contributed by atoms with Gasteiger partial charge >= 0.3 is 0 Å². The first kappa shape index (κ1) is 18.7. The molecule has 0 spiro atoms. The lowest BCUT2D eigenvalue weighted by Gasteiger charge is -2.09. The number of hydrogen-bond donors (Lipinski definition) is 2. The van der Waals surface area contributed by atoms with E-state index in [9.17, 15) is 9.59 Å². The molecule has 0 aliphatic carbocycles. The summed E-state index contributed by atoms with van der Waals surface area (Å²) in [5, 5.41) is 6.29. The molecule has 136 valence electrons. The van der Waals surface area contributed by atoms with Crippen molar-refractivity contribution in [1.29, 1.82) is 0 Å². The van der Waals surface area contributed by atoms with E-state index in [-0.39, 0.29) is 11.8 Å². The third kappa shape index (κ3) is 5.43. The maximum atomic E-state index is 12.3. The van der Waals surface area contributed by atoms with E-state index >= 15 is 0 Å². The zero-order chi connectivity index (χ0) is 19.1. The summed E-state index contributed by atoms with van der Waals surface area (Å²) >= 11 is 6.09. The van der Waals surface area contributed by atoms with Crippen LogP contribution < -0.4 is 10.6 Å². The quantitative estimate of drug-likeness (QED) is 0.665. The third-order valence-electron chi connectivity index (χ3n) is 4.04. The van der Waals surface area contributed by atoms with Gasteiger partial charge in [-0.2, -0.15) is 0 Å². The molecule has 0 radical (unpaired) electrons. The minimum absolute atomic E-state index is 0.0999. The van der Waals surface area contributed by atoms with Crippen molar-refractivity contribution < 1.29 is 9.59 Å². The minimum Gasteiger partial charge on any atom is -0.348 e. The Bertz CT molecular complexity index is 925. The molecule has 3 aromatic carbocycles. The van der Waals surface area contributed by atoms with Crippen LogP contribution >= 0.6 is 11.6 Å². The zero-order valence-electron chi connectivity index (χ0n) is 14.6. The standard InChI is InChI=1S/C22H19ClN2O2/c23-20-9-5-4-8-18(20)15-24-22(27)17-10-12-19(13-11-17)25-21(26)14-16-6-2-1-3-7-16/h1-13H,14-15H2,(H,24,27)(H,25,26). The summed E-state index contributed by atoms with van der Waals surface area (Å²) in [5.74, 6) is -0.297. The van der Waals surface area contributed by atoms with Gasteiger partial charge in [-0.05, 0) is 41.5 Å². The van der Waals surface area contributed by atoms with Crippen molar-refractivity contribution in [2.45, 2.75) is 13.0 Å². The van der Waals surface area contributed by atoms with Crippen LogP contribution in [0.5, 0.6) is 0 Å². The number of halogens is 1. The van der Waals surface area contributed by atoms with Gasteiger partial charge in [0.15, 0.2) is 0 Å². The number of carbonyl (C=O) groups excluding carboxylic acids is 2. The van der Waals surface area contributed by atoms with E-state index in [0.717, 1.165) is 11.1 Å². The summed E-state index contributed by atoms with van der Waals surface area (Å²) in [6.45, 7) is 0.355. The Morgan fingerprint density at radius 3 is 2.19 bits per heavy atom. The molecule has 0 saturated carbocycles. The Kier molecular flexibility index (Phi) is 6.23. The SMILES string of the molecule is O=C(Cc1ccccc1)Nc1ccc(C(=O)NCc2ccccc2Cl)cc1. The molecule has 0 aliphatic heterocycles. The first-order valence-corrected chi connectivity index (χ1v) is 8.95. The smallest absolute Gasteiger partial charge is 0.251 e. The van der Waals surface area contributed by atoms with E-state index in [4.69, 9.17) is 11.6 Å². The van der Waals surface area contributed by atoms with Crippen molar-refractivity contribution >= 4 is 29.1 Å². The van der Waals surface area contributed by atoms with Gasteiger partial charge in [0.2, 0.25) is 5.91 Å². The second kappa shape index (κ2) is 9.01. The average Bonchev–Trinajstić information content (AvgIpc) is 2.68. The molecule has 0 fully saturated rings. The van der Waals surface area contributed by atoms with Gasteiger partial charge in [-0.15, -0.1) is 0 Å². The van der Waals surface area contributed by atoms with Gasteiger partial charge < -0.3 is 10.6 Å². The monoisotopic (exact) mass is 378 g/mol. The molecule has 0 atom stereocenters. The molecule has 2 amide bonds. The van der Waals surface area contributed by atoms with Gasteiger partial charge in [-0.3, -0.25) is 9.59 Å². The number of anilines is 1. The fourth-order valence-corrected chi connectivity index (χ4v) is 2.81. The number of nitrogens with one attached hydrogen (secondary N) is 2. The van der Waals surface area contributed by atoms with E-state index in [1.807, 2.05) is 48.5 Å². The second-order valence-corrected chi connectivity index (χ2v) is 6.47. The molecule has 27 heavy (non-hydrogen) atoms. The van der Waals surface area contributed by atoms with Crippen LogP contribution in [0.2, 0.25) is 5.02 Å². The first-order valence-electron chi connectivity index (χ1n) is 8.57. The summed E-state index contributed by atoms with van der Waals surface area (Å²) in [6, 6.07) is 23.7. The van der Waals surface area contributed by atoms with Gasteiger partial charge in [0, 0.05) is 22.8 Å². The summed E-state index contributed by atoms with van der Waals surface area (Å²) < 4.78 is 0. The number of rotatable bonds is 6. The fraction of sp³-hybridized carbons (Fsp3) is 0.0909. The average molecular weight is 379 g/mol. The highest BCUT2D eigenvalue weighted by Gasteiger charge is 2.08. The summed E-state index contributed by atoms with van der Waals surface area (Å²) in [5.41, 5.74) is 2.98. The molecule has 3 rings (SSSR count). The van der Waals surface area contributed by atoms with Crippen molar-refractivity contribution in [3.8, 4) is 0 Å². The molecular weight excluding hydrogens is 360 g/mol. The van der Waals surface area contributed by atoms with Gasteiger partial charge in [0.05, 0.1) is 6.42 Å². The molecule has 0 bridgehead atoms. The molecule has 0 aromatic heterocycles. The lowest BCUT2D eigenvalue weighted by molar-refractivity contribution is -0.115. The van der Waals surface area contributed by atoms with Crippen LogP contribution in [0, 0.1) is 0 Å². The highest BCUT2D eigenvalue weighted by molar-refractivity contribution is 6.31. The zero-order valence-corrected chi connectivity index (χ0v) is 15.4. The Morgan fingerprint density at radius 2 is 1.48 bits per heavy atom. The molecule has 0 aliphatic rings. The van der Waals surface area contributed by atoms with Crippen LogP contribution in [0.1, 0.15) is 21.5 Å². The molecule has 0 saturated heterocycles. The van der Waals surface area contributed by atoms with Crippen molar-refractivity contribution in [2.24, 2.45) is 0 Å². The molecule has 5 heteroatoms. The van der Waals surface area contributed by atoms with Gasteiger partial charge in [-0.1, -0.05) is 60.1 Å². The third-order valence-corrected chi connectivity index (χ3v) is 4.40. The van der Waals surface area contributed by atoms with Crippen molar-refractivity contribution in [3.63, 3.8) is 0 Å². The predicted octanol–water partition coefficient (Wildman–Crippen LogP) is 4.45. The fourth-order valence-electron chi connectivity index (χ4n) is 2.61. The molecular formula is C22H19ClN2O2. The Balaban J connectivity index is 1.54. The van der Waals surface area contributed by atoms with E-state index in [1.165, 1.54) is 0 Å². The van der Waals surface area contributed by atoms with Crippen LogP contribution in [0.3, 0.4) is 0 Å². The molecule has 0 unspecified atom stereocenters. The van der Waals surface area contributed by atoms with E-state index in [1.54, 1.807) is 30.3 Å². The number of hydrogen-bond acceptors (Lipinski definition) is 2. The molecule has 3 aromatic rings. The topological polar surface area (TPSA) is 58.2 Å². The maximum absolute atomic E-state index is 12.3. The Hall–Kier alpha value is -3.11. The summed E-state index contributed by atoms with van der Waals surface area (Å²) in [6.07, 6.45) is 0.306. The van der Waals surface area contributed by atoms with E-state index in [2.05, 4.69) is 10.6 Å². The molecule has 4 nitrogen and oxygen atoms in total. The Morgan fingerprint density at radius 1 is 0.815 bits per heavy atom. The lowest BCUT2D eigenvalue weighted by atomic mass is 10.1. The highest BCUT2D eigenvalue weighted by Crippen LogP contribution is 2.15. The van der Waals surface area contributed by atoms with Crippen molar-refractivity contribution in [1.82, 2.24) is 5.32 Å². The van der Waals surface area contributed by atoms with Gasteiger partial charge in [0.1, 0.15) is 0 Å². The highest BCUT2D eigenvalue weighted by atomic mass is 35.5. The van der Waals surface area contributed by atoms with Crippen LogP contribution in [0.25, 0.3) is 0 Å². The maximum Gasteiger partial charge on any atom is 0.251 e. The number of benzene rings is 3. The van der Waals surface area contributed by atoms with Gasteiger partial charge in [-0.25, -0.2) is 0 Å². The van der Waals surface area contributed by atoms with Gasteiger partial charge in [0.25, 0.3) is 5.91 Å². The second-order valence-electron chi connectivity index (χ2n) is 6.06. The van der Waals surface area contributed by atoms with E-state index in [0.29, 0.717) is 29.2 Å². The summed E-state index contributed by atoms with van der Waals surface area (Å²) in [4.78, 5) is 24.4.